The largest absolute Gasteiger partial charge is 0.409 e. The fourth-order valence-corrected chi connectivity index (χ4v) is 1.70. The zero-order valence-corrected chi connectivity index (χ0v) is 10.2. The summed E-state index contributed by atoms with van der Waals surface area (Å²) >= 11 is 0. The van der Waals surface area contributed by atoms with E-state index in [4.69, 9.17) is 10.9 Å². The maximum absolute atomic E-state index is 13.5. The van der Waals surface area contributed by atoms with E-state index in [1.165, 1.54) is 12.1 Å². The van der Waals surface area contributed by atoms with Gasteiger partial charge in [0.05, 0.1) is 6.54 Å². The molecule has 0 fully saturated rings. The van der Waals surface area contributed by atoms with E-state index in [9.17, 15) is 8.78 Å². The highest BCUT2D eigenvalue weighted by Crippen LogP contribution is 2.13. The molecule has 0 aliphatic heterocycles. The number of rotatable bonds is 6. The van der Waals surface area contributed by atoms with Crippen LogP contribution in [0.4, 0.5) is 8.78 Å². The number of nitrogens with zero attached hydrogens (tertiary/aromatic N) is 2. The molecular formula is C12H17F2N3O. The third-order valence-corrected chi connectivity index (χ3v) is 2.48. The van der Waals surface area contributed by atoms with Gasteiger partial charge in [0, 0.05) is 12.1 Å². The number of nitrogens with two attached hydrogens (primary N) is 1. The van der Waals surface area contributed by atoms with Crippen LogP contribution in [0, 0.1) is 11.6 Å². The van der Waals surface area contributed by atoms with Gasteiger partial charge in [0.2, 0.25) is 0 Å². The maximum Gasteiger partial charge on any atom is 0.163 e. The molecule has 0 amide bonds. The number of benzene rings is 1. The van der Waals surface area contributed by atoms with E-state index in [2.05, 4.69) is 5.16 Å². The van der Waals surface area contributed by atoms with Crippen molar-refractivity contribution in [3.63, 3.8) is 0 Å². The lowest BCUT2D eigenvalue weighted by molar-refractivity contribution is 0.282. The molecule has 0 radical (unpaired) electrons. The first-order valence-corrected chi connectivity index (χ1v) is 5.70. The van der Waals surface area contributed by atoms with Crippen LogP contribution in [-0.2, 0) is 6.54 Å². The Hall–Kier alpha value is -1.69. The molecule has 0 aliphatic rings. The summed E-state index contributed by atoms with van der Waals surface area (Å²) in [6.07, 6.45) is 0.829. The molecule has 0 saturated carbocycles. The van der Waals surface area contributed by atoms with Gasteiger partial charge in [0.15, 0.2) is 17.5 Å². The Morgan fingerprint density at radius 3 is 2.78 bits per heavy atom. The lowest BCUT2D eigenvalue weighted by atomic mass is 10.2. The van der Waals surface area contributed by atoms with E-state index < -0.39 is 11.6 Å². The molecule has 0 heterocycles. The molecule has 0 spiro atoms. The average molecular weight is 257 g/mol. The van der Waals surface area contributed by atoms with Gasteiger partial charge >= 0.3 is 0 Å². The molecule has 1 aromatic carbocycles. The number of amidine groups is 1. The highest BCUT2D eigenvalue weighted by Gasteiger charge is 2.12. The van der Waals surface area contributed by atoms with E-state index in [1.54, 1.807) is 4.90 Å². The van der Waals surface area contributed by atoms with Gasteiger partial charge in [-0.25, -0.2) is 8.78 Å². The van der Waals surface area contributed by atoms with Gasteiger partial charge in [-0.3, -0.25) is 4.90 Å². The molecule has 4 nitrogen and oxygen atoms in total. The second-order valence-corrected chi connectivity index (χ2v) is 4.01. The van der Waals surface area contributed by atoms with Crippen LogP contribution < -0.4 is 5.73 Å². The highest BCUT2D eigenvalue weighted by atomic mass is 19.2. The minimum Gasteiger partial charge on any atom is -0.409 e. The molecule has 1 aromatic rings. The predicted molar refractivity (Wildman–Crippen MR) is 65.3 cm³/mol. The first kappa shape index (κ1) is 14.4. The average Bonchev–Trinajstić information content (AvgIpc) is 2.35. The van der Waals surface area contributed by atoms with Crippen molar-refractivity contribution in [1.29, 1.82) is 0 Å². The molecular weight excluding hydrogens is 240 g/mol. The van der Waals surface area contributed by atoms with Gasteiger partial charge in [0.1, 0.15) is 0 Å². The lowest BCUT2D eigenvalue weighted by Gasteiger charge is -2.21. The molecule has 100 valence electrons. The van der Waals surface area contributed by atoms with E-state index in [-0.39, 0.29) is 24.5 Å². The summed E-state index contributed by atoms with van der Waals surface area (Å²) < 4.78 is 26.6. The number of hydrogen-bond acceptors (Lipinski definition) is 3. The minimum atomic E-state index is -0.868. The summed E-state index contributed by atoms with van der Waals surface area (Å²) in [4.78, 5) is 1.78. The summed E-state index contributed by atoms with van der Waals surface area (Å²) in [7, 11) is 0. The van der Waals surface area contributed by atoms with Gasteiger partial charge in [-0.2, -0.15) is 0 Å². The number of oxime groups is 1. The third kappa shape index (κ3) is 3.96. The van der Waals surface area contributed by atoms with Gasteiger partial charge in [-0.15, -0.1) is 0 Å². The standard InChI is InChI=1S/C12H17F2N3O/c1-2-6-17(8-11(15)16-18)7-9-4-3-5-10(13)12(9)14/h3-5,18H,2,6-8H2,1H3,(H2,15,16). The van der Waals surface area contributed by atoms with Crippen molar-refractivity contribution < 1.29 is 14.0 Å². The van der Waals surface area contributed by atoms with Gasteiger partial charge in [-0.1, -0.05) is 24.2 Å². The van der Waals surface area contributed by atoms with Crippen molar-refractivity contribution in [2.75, 3.05) is 13.1 Å². The Kier molecular flexibility index (Phi) is 5.51. The Morgan fingerprint density at radius 1 is 1.44 bits per heavy atom. The molecule has 0 aromatic heterocycles. The van der Waals surface area contributed by atoms with E-state index in [0.717, 1.165) is 12.5 Å². The zero-order valence-electron chi connectivity index (χ0n) is 10.2. The fourth-order valence-electron chi connectivity index (χ4n) is 1.70. The minimum absolute atomic E-state index is 0.0419. The van der Waals surface area contributed by atoms with Crippen LogP contribution in [0.15, 0.2) is 23.4 Å². The SMILES string of the molecule is CCCN(CC(N)=NO)Cc1cccc(F)c1F. The molecule has 0 unspecified atom stereocenters. The molecule has 0 aliphatic carbocycles. The van der Waals surface area contributed by atoms with Crippen molar-refractivity contribution in [3.05, 3.63) is 35.4 Å². The topological polar surface area (TPSA) is 61.8 Å². The van der Waals surface area contributed by atoms with E-state index in [1.807, 2.05) is 6.92 Å². The molecule has 18 heavy (non-hydrogen) atoms. The third-order valence-electron chi connectivity index (χ3n) is 2.48. The second kappa shape index (κ2) is 6.90. The van der Waals surface area contributed by atoms with Gasteiger partial charge in [0.25, 0.3) is 0 Å². The first-order valence-electron chi connectivity index (χ1n) is 5.70. The Morgan fingerprint density at radius 2 is 2.17 bits per heavy atom. The van der Waals surface area contributed by atoms with Crippen LogP contribution >= 0.6 is 0 Å². The van der Waals surface area contributed by atoms with Crippen molar-refractivity contribution in [2.45, 2.75) is 19.9 Å². The normalized spacial score (nSPS) is 12.1. The van der Waals surface area contributed by atoms with Crippen LogP contribution in [0.5, 0.6) is 0 Å². The second-order valence-electron chi connectivity index (χ2n) is 4.01. The van der Waals surface area contributed by atoms with Crippen molar-refractivity contribution >= 4 is 5.84 Å². The molecule has 1 rings (SSSR count). The van der Waals surface area contributed by atoms with E-state index in [0.29, 0.717) is 6.54 Å². The summed E-state index contributed by atoms with van der Waals surface area (Å²) in [6, 6.07) is 4.06. The Labute approximate surface area is 105 Å². The van der Waals surface area contributed by atoms with Gasteiger partial charge < -0.3 is 10.9 Å². The van der Waals surface area contributed by atoms with Crippen molar-refractivity contribution in [1.82, 2.24) is 4.90 Å². The van der Waals surface area contributed by atoms with Crippen LogP contribution in [0.2, 0.25) is 0 Å². The summed E-state index contributed by atoms with van der Waals surface area (Å²) in [5.74, 6) is -1.67. The molecule has 3 N–H and O–H groups in total. The van der Waals surface area contributed by atoms with Gasteiger partial charge in [-0.05, 0) is 19.0 Å². The van der Waals surface area contributed by atoms with Crippen LogP contribution in [-0.4, -0.2) is 29.0 Å². The summed E-state index contributed by atoms with van der Waals surface area (Å²) in [6.45, 7) is 3.03. The van der Waals surface area contributed by atoms with Crippen LogP contribution in [0.25, 0.3) is 0 Å². The molecule has 6 heteroatoms. The highest BCUT2D eigenvalue weighted by molar-refractivity contribution is 5.81. The lowest BCUT2D eigenvalue weighted by Crippen LogP contribution is -2.34. The van der Waals surface area contributed by atoms with Crippen molar-refractivity contribution in [2.24, 2.45) is 10.9 Å². The molecule has 0 bridgehead atoms. The first-order chi connectivity index (χ1) is 8.58. The summed E-state index contributed by atoms with van der Waals surface area (Å²) in [5.41, 5.74) is 5.67. The monoisotopic (exact) mass is 257 g/mol. The smallest absolute Gasteiger partial charge is 0.163 e. The fraction of sp³-hybridized carbons (Fsp3) is 0.417. The number of hydrogen-bond donors (Lipinski definition) is 2. The number of halogens is 2. The zero-order chi connectivity index (χ0) is 13.5. The summed E-state index contributed by atoms with van der Waals surface area (Å²) in [5, 5.41) is 11.4. The quantitative estimate of drug-likeness (QED) is 0.354. The molecule has 0 atom stereocenters. The van der Waals surface area contributed by atoms with E-state index >= 15 is 0 Å². The maximum atomic E-state index is 13.5. The molecule has 0 saturated heterocycles. The van der Waals surface area contributed by atoms with Crippen LogP contribution in [0.3, 0.4) is 0 Å². The van der Waals surface area contributed by atoms with Crippen molar-refractivity contribution in [3.8, 4) is 0 Å². The Bertz CT molecular complexity index is 424. The Balaban J connectivity index is 2.79. The predicted octanol–water partition coefficient (Wildman–Crippen LogP) is 1.92. The van der Waals surface area contributed by atoms with Crippen LogP contribution in [0.1, 0.15) is 18.9 Å².